The molecule has 0 aliphatic heterocycles. The Morgan fingerprint density at radius 2 is 2.07 bits per heavy atom. The number of thiophene rings is 1. The van der Waals surface area contributed by atoms with Crippen molar-refractivity contribution >= 4 is 11.3 Å². The van der Waals surface area contributed by atoms with Crippen LogP contribution in [-0.2, 0) is 0 Å². The second kappa shape index (κ2) is 4.26. The molecule has 2 unspecified atom stereocenters. The number of aryl methyl sites for hydroxylation is 2. The van der Waals surface area contributed by atoms with Gasteiger partial charge in [-0.15, -0.1) is 11.3 Å². The van der Waals surface area contributed by atoms with E-state index in [1.165, 1.54) is 28.2 Å². The van der Waals surface area contributed by atoms with Gasteiger partial charge in [0.2, 0.25) is 0 Å². The first kappa shape index (κ1) is 11.2. The summed E-state index contributed by atoms with van der Waals surface area (Å²) in [4.78, 5) is 2.92. The fraction of sp³-hybridized carbons (Fsp3) is 0.692. The molecule has 0 amide bonds. The minimum absolute atomic E-state index is 0.558. The summed E-state index contributed by atoms with van der Waals surface area (Å²) in [5, 5.41) is 3.50. The number of hydrogen-bond donors (Lipinski definition) is 1. The molecule has 0 aromatic carbocycles. The first-order valence-electron chi connectivity index (χ1n) is 5.87. The van der Waals surface area contributed by atoms with Crippen LogP contribution < -0.4 is 5.32 Å². The van der Waals surface area contributed by atoms with Crippen LogP contribution in [-0.4, -0.2) is 7.05 Å². The van der Waals surface area contributed by atoms with E-state index in [9.17, 15) is 0 Å². The van der Waals surface area contributed by atoms with Gasteiger partial charge in [0.15, 0.2) is 0 Å². The van der Waals surface area contributed by atoms with Gasteiger partial charge in [-0.05, 0) is 57.2 Å². The maximum absolute atomic E-state index is 3.50. The smallest absolute Gasteiger partial charge is 0.0357 e. The minimum atomic E-state index is 0.558. The summed E-state index contributed by atoms with van der Waals surface area (Å²) < 4.78 is 0. The van der Waals surface area contributed by atoms with Crippen molar-refractivity contribution in [1.82, 2.24) is 5.32 Å². The van der Waals surface area contributed by atoms with Crippen molar-refractivity contribution in [3.05, 3.63) is 21.4 Å². The Bertz CT molecular complexity index is 338. The Hall–Kier alpha value is -0.340. The molecular formula is C13H21NS. The van der Waals surface area contributed by atoms with Gasteiger partial charge < -0.3 is 5.32 Å². The molecule has 0 radical (unpaired) electrons. The summed E-state index contributed by atoms with van der Waals surface area (Å²) in [6, 6.07) is 2.92. The van der Waals surface area contributed by atoms with Crippen molar-refractivity contribution < 1.29 is 0 Å². The monoisotopic (exact) mass is 223 g/mol. The van der Waals surface area contributed by atoms with Crippen LogP contribution in [0.4, 0.5) is 0 Å². The predicted molar refractivity (Wildman–Crippen MR) is 67.5 cm³/mol. The largest absolute Gasteiger partial charge is 0.313 e. The van der Waals surface area contributed by atoms with Gasteiger partial charge in [0, 0.05) is 15.8 Å². The van der Waals surface area contributed by atoms with Gasteiger partial charge in [-0.25, -0.2) is 0 Å². The SMILES string of the molecule is CNC(c1cc(C)sc1C)C(C)C1CC1. The van der Waals surface area contributed by atoms with Crippen molar-refractivity contribution in [2.24, 2.45) is 11.8 Å². The molecule has 1 fully saturated rings. The summed E-state index contributed by atoms with van der Waals surface area (Å²) in [5.41, 5.74) is 1.53. The maximum Gasteiger partial charge on any atom is 0.0357 e. The average molecular weight is 223 g/mol. The van der Waals surface area contributed by atoms with E-state index in [2.05, 4.69) is 39.2 Å². The van der Waals surface area contributed by atoms with Crippen molar-refractivity contribution in [3.63, 3.8) is 0 Å². The molecule has 1 aromatic rings. The van der Waals surface area contributed by atoms with Crippen LogP contribution in [0.15, 0.2) is 6.07 Å². The summed E-state index contributed by atoms with van der Waals surface area (Å²) in [6.07, 6.45) is 2.86. The molecule has 1 aliphatic rings. The third kappa shape index (κ3) is 2.26. The molecule has 2 rings (SSSR count). The summed E-state index contributed by atoms with van der Waals surface area (Å²) in [7, 11) is 2.09. The van der Waals surface area contributed by atoms with Crippen LogP contribution in [0.2, 0.25) is 0 Å². The van der Waals surface area contributed by atoms with E-state index >= 15 is 0 Å². The lowest BCUT2D eigenvalue weighted by molar-refractivity contribution is 0.369. The molecule has 1 N–H and O–H groups in total. The molecule has 2 atom stereocenters. The molecule has 0 bridgehead atoms. The standard InChI is InChI=1S/C13H21NS/c1-8-7-12(10(3)15-8)13(14-4)9(2)11-5-6-11/h7,9,11,13-14H,5-6H2,1-4H3. The molecule has 1 heterocycles. The number of nitrogens with one attached hydrogen (secondary N) is 1. The molecule has 1 aliphatic carbocycles. The van der Waals surface area contributed by atoms with E-state index in [4.69, 9.17) is 0 Å². The van der Waals surface area contributed by atoms with Crippen molar-refractivity contribution in [3.8, 4) is 0 Å². The average Bonchev–Trinajstić information content (AvgIpc) is 2.95. The molecule has 15 heavy (non-hydrogen) atoms. The highest BCUT2D eigenvalue weighted by Gasteiger charge is 2.34. The molecule has 0 saturated heterocycles. The minimum Gasteiger partial charge on any atom is -0.313 e. The summed E-state index contributed by atoms with van der Waals surface area (Å²) >= 11 is 1.92. The topological polar surface area (TPSA) is 12.0 Å². The Morgan fingerprint density at radius 3 is 2.47 bits per heavy atom. The highest BCUT2D eigenvalue weighted by molar-refractivity contribution is 7.12. The zero-order chi connectivity index (χ0) is 11.0. The molecule has 1 saturated carbocycles. The number of hydrogen-bond acceptors (Lipinski definition) is 2. The van der Waals surface area contributed by atoms with Gasteiger partial charge >= 0.3 is 0 Å². The van der Waals surface area contributed by atoms with Gasteiger partial charge in [-0.3, -0.25) is 0 Å². The summed E-state index contributed by atoms with van der Waals surface area (Å²) in [6.45, 7) is 6.85. The third-order valence-corrected chi connectivity index (χ3v) is 4.60. The van der Waals surface area contributed by atoms with Crippen LogP contribution >= 0.6 is 11.3 Å². The maximum atomic E-state index is 3.50. The van der Waals surface area contributed by atoms with Crippen LogP contribution in [0.1, 0.15) is 41.1 Å². The van der Waals surface area contributed by atoms with Gasteiger partial charge in [-0.2, -0.15) is 0 Å². The van der Waals surface area contributed by atoms with E-state index in [1.54, 1.807) is 0 Å². The predicted octanol–water partition coefficient (Wildman–Crippen LogP) is 3.67. The van der Waals surface area contributed by atoms with Crippen molar-refractivity contribution in [1.29, 1.82) is 0 Å². The van der Waals surface area contributed by atoms with Crippen molar-refractivity contribution in [2.75, 3.05) is 7.05 Å². The van der Waals surface area contributed by atoms with E-state index in [1.807, 2.05) is 11.3 Å². The Kier molecular flexibility index (Phi) is 3.17. The Labute approximate surface area is 96.9 Å². The lowest BCUT2D eigenvalue weighted by atomic mass is 9.91. The van der Waals surface area contributed by atoms with Crippen LogP contribution in [0.25, 0.3) is 0 Å². The highest BCUT2D eigenvalue weighted by Crippen LogP contribution is 2.43. The van der Waals surface area contributed by atoms with E-state index in [-0.39, 0.29) is 0 Å². The van der Waals surface area contributed by atoms with Crippen LogP contribution in [0.3, 0.4) is 0 Å². The second-order valence-electron chi connectivity index (χ2n) is 4.83. The lowest BCUT2D eigenvalue weighted by Crippen LogP contribution is -2.24. The van der Waals surface area contributed by atoms with Gasteiger partial charge in [-0.1, -0.05) is 6.92 Å². The first-order chi connectivity index (χ1) is 7.13. The van der Waals surface area contributed by atoms with Gasteiger partial charge in [0.1, 0.15) is 0 Å². The first-order valence-corrected chi connectivity index (χ1v) is 6.69. The van der Waals surface area contributed by atoms with E-state index < -0.39 is 0 Å². The highest BCUT2D eigenvalue weighted by atomic mass is 32.1. The van der Waals surface area contributed by atoms with Gasteiger partial charge in [0.25, 0.3) is 0 Å². The molecular weight excluding hydrogens is 202 g/mol. The number of rotatable bonds is 4. The Balaban J connectivity index is 2.21. The molecule has 1 aromatic heterocycles. The molecule has 2 heteroatoms. The zero-order valence-corrected chi connectivity index (χ0v) is 10.9. The van der Waals surface area contributed by atoms with Crippen LogP contribution in [0.5, 0.6) is 0 Å². The lowest BCUT2D eigenvalue weighted by Gasteiger charge is -2.23. The second-order valence-corrected chi connectivity index (χ2v) is 6.29. The van der Waals surface area contributed by atoms with Crippen molar-refractivity contribution in [2.45, 2.75) is 39.7 Å². The van der Waals surface area contributed by atoms with E-state index in [0.717, 1.165) is 11.8 Å². The zero-order valence-electron chi connectivity index (χ0n) is 10.1. The fourth-order valence-electron chi connectivity index (χ4n) is 2.56. The summed E-state index contributed by atoms with van der Waals surface area (Å²) in [5.74, 6) is 1.74. The molecule has 1 nitrogen and oxygen atoms in total. The van der Waals surface area contributed by atoms with Gasteiger partial charge in [0.05, 0.1) is 0 Å². The normalized spacial score (nSPS) is 20.3. The quantitative estimate of drug-likeness (QED) is 0.821. The van der Waals surface area contributed by atoms with Crippen LogP contribution in [0, 0.1) is 25.7 Å². The molecule has 0 spiro atoms. The Morgan fingerprint density at radius 1 is 1.40 bits per heavy atom. The molecule has 84 valence electrons. The fourth-order valence-corrected chi connectivity index (χ4v) is 3.53. The third-order valence-electron chi connectivity index (χ3n) is 3.62. The van der Waals surface area contributed by atoms with E-state index in [0.29, 0.717) is 6.04 Å².